The van der Waals surface area contributed by atoms with Gasteiger partial charge >= 0.3 is 0 Å². The van der Waals surface area contributed by atoms with E-state index in [1.807, 2.05) is 13.1 Å². The Labute approximate surface area is 168 Å². The lowest BCUT2D eigenvalue weighted by Gasteiger charge is -2.13. The number of nitrogens with one attached hydrogen (secondary N) is 2. The van der Waals surface area contributed by atoms with Crippen LogP contribution in [0.5, 0.6) is 11.5 Å². The normalized spacial score (nSPS) is 12.1. The maximum absolute atomic E-state index is 14.6. The molecule has 0 bridgehead atoms. The number of halogens is 1. The van der Waals surface area contributed by atoms with Gasteiger partial charge in [0.2, 0.25) is 5.91 Å². The monoisotopic (exact) mass is 400 g/mol. The molecule has 1 atom stereocenters. The maximum Gasteiger partial charge on any atom is 0.237 e. The molecular weight excluding hydrogens is 375 g/mol. The predicted molar refractivity (Wildman–Crippen MR) is 108 cm³/mol. The van der Waals surface area contributed by atoms with Crippen molar-refractivity contribution in [1.82, 2.24) is 15.3 Å². The summed E-state index contributed by atoms with van der Waals surface area (Å²) < 4.78 is 25.3. The van der Waals surface area contributed by atoms with Crippen LogP contribution >= 0.6 is 0 Å². The predicted octanol–water partition coefficient (Wildman–Crippen LogP) is 2.83. The maximum atomic E-state index is 14.6. The molecule has 2 aromatic heterocycles. The number of aryl methyl sites for hydroxylation is 1. The fourth-order valence-corrected chi connectivity index (χ4v) is 3.05. The van der Waals surface area contributed by atoms with Crippen LogP contribution in [0, 0.1) is 12.7 Å². The molecule has 0 aliphatic heterocycles. The Morgan fingerprint density at radius 2 is 2.17 bits per heavy atom. The third kappa shape index (κ3) is 5.10. The molecule has 2 heterocycles. The zero-order chi connectivity index (χ0) is 20.8. The number of pyridine rings is 1. The van der Waals surface area contributed by atoms with Gasteiger partial charge in [0.15, 0.2) is 11.6 Å². The van der Waals surface area contributed by atoms with Gasteiger partial charge in [-0.1, -0.05) is 6.07 Å². The number of aromatic amines is 1. The molecule has 0 fully saturated rings. The molecule has 0 aliphatic carbocycles. The van der Waals surface area contributed by atoms with Crippen molar-refractivity contribution in [3.05, 3.63) is 53.6 Å². The molecule has 1 unspecified atom stereocenters. The van der Waals surface area contributed by atoms with E-state index in [1.54, 1.807) is 31.5 Å². The van der Waals surface area contributed by atoms with Gasteiger partial charge in [-0.25, -0.2) is 9.37 Å². The first kappa shape index (κ1) is 20.8. The second-order valence-corrected chi connectivity index (χ2v) is 6.82. The Hall–Kier alpha value is -2.97. The van der Waals surface area contributed by atoms with Crippen LogP contribution in [-0.4, -0.2) is 42.2 Å². The van der Waals surface area contributed by atoms with Gasteiger partial charge in [0.1, 0.15) is 11.4 Å². The van der Waals surface area contributed by atoms with Gasteiger partial charge in [0, 0.05) is 32.7 Å². The molecule has 0 radical (unpaired) electrons. The van der Waals surface area contributed by atoms with E-state index in [-0.39, 0.29) is 18.1 Å². The van der Waals surface area contributed by atoms with Gasteiger partial charge < -0.3 is 25.5 Å². The van der Waals surface area contributed by atoms with Gasteiger partial charge in [-0.3, -0.25) is 4.79 Å². The molecule has 0 saturated carbocycles. The van der Waals surface area contributed by atoms with Gasteiger partial charge in [0.25, 0.3) is 0 Å². The highest BCUT2D eigenvalue weighted by Crippen LogP contribution is 2.32. The van der Waals surface area contributed by atoms with E-state index >= 15 is 0 Å². The summed E-state index contributed by atoms with van der Waals surface area (Å²) in [6.07, 6.45) is 4.36. The van der Waals surface area contributed by atoms with E-state index in [4.69, 9.17) is 15.2 Å². The Kier molecular flexibility index (Phi) is 6.79. The molecule has 3 aromatic rings. The summed E-state index contributed by atoms with van der Waals surface area (Å²) in [5.74, 6) is -0.177. The number of H-pyrrole nitrogens is 1. The van der Waals surface area contributed by atoms with Crippen LogP contribution in [0.4, 0.5) is 4.39 Å². The number of nitrogens with two attached hydrogens (primary N) is 1. The standard InChI is InChI=1S/C21H25FN4O3/c1-13-12-26-20-19(13)18(6-8-24-20)29-17-5-4-14(10-15(17)22)11-16(23)21(27)25-7-3-9-28-2/h4-6,8,10,12,16H,3,7,9,11,23H2,1-2H3,(H,24,26)(H,25,27). The van der Waals surface area contributed by atoms with E-state index in [2.05, 4.69) is 15.3 Å². The van der Waals surface area contributed by atoms with E-state index < -0.39 is 11.9 Å². The van der Waals surface area contributed by atoms with Crippen LogP contribution in [0.3, 0.4) is 0 Å². The highest BCUT2D eigenvalue weighted by molar-refractivity contribution is 5.86. The van der Waals surface area contributed by atoms with Crippen LogP contribution in [0.25, 0.3) is 11.0 Å². The number of carbonyl (C=O) groups is 1. The number of fused-ring (bicyclic) bond motifs is 1. The van der Waals surface area contributed by atoms with E-state index in [9.17, 15) is 9.18 Å². The zero-order valence-electron chi connectivity index (χ0n) is 16.5. The van der Waals surface area contributed by atoms with Crippen molar-refractivity contribution in [2.45, 2.75) is 25.8 Å². The minimum absolute atomic E-state index is 0.0967. The lowest BCUT2D eigenvalue weighted by molar-refractivity contribution is -0.122. The summed E-state index contributed by atoms with van der Waals surface area (Å²) in [5.41, 5.74) is 8.19. The zero-order valence-corrected chi connectivity index (χ0v) is 16.5. The summed E-state index contributed by atoms with van der Waals surface area (Å²) in [4.78, 5) is 19.3. The largest absolute Gasteiger partial charge is 0.453 e. The Morgan fingerprint density at radius 1 is 1.34 bits per heavy atom. The van der Waals surface area contributed by atoms with Gasteiger partial charge in [0.05, 0.1) is 11.4 Å². The van der Waals surface area contributed by atoms with Crippen molar-refractivity contribution in [1.29, 1.82) is 0 Å². The number of hydrogen-bond donors (Lipinski definition) is 3. The molecular formula is C21H25FN4O3. The molecule has 0 aliphatic rings. The third-order valence-corrected chi connectivity index (χ3v) is 4.57. The second kappa shape index (κ2) is 9.49. The summed E-state index contributed by atoms with van der Waals surface area (Å²) in [6.45, 7) is 2.98. The van der Waals surface area contributed by atoms with Crippen LogP contribution in [-0.2, 0) is 16.0 Å². The first-order chi connectivity index (χ1) is 14.0. The van der Waals surface area contributed by atoms with Crippen molar-refractivity contribution in [2.24, 2.45) is 5.73 Å². The summed E-state index contributed by atoms with van der Waals surface area (Å²) in [7, 11) is 1.60. The first-order valence-electron chi connectivity index (χ1n) is 9.40. The molecule has 8 heteroatoms. The minimum atomic E-state index is -0.758. The fourth-order valence-electron chi connectivity index (χ4n) is 3.05. The molecule has 1 aromatic carbocycles. The van der Waals surface area contributed by atoms with Crippen LogP contribution in [0.15, 0.2) is 36.7 Å². The Balaban J connectivity index is 1.65. The van der Waals surface area contributed by atoms with Crippen LogP contribution < -0.4 is 15.8 Å². The molecule has 0 spiro atoms. The number of benzene rings is 1. The van der Waals surface area contributed by atoms with E-state index in [1.165, 1.54) is 6.07 Å². The van der Waals surface area contributed by atoms with Gasteiger partial charge in [-0.05, 0) is 49.1 Å². The van der Waals surface area contributed by atoms with Crippen molar-refractivity contribution >= 4 is 16.9 Å². The second-order valence-electron chi connectivity index (χ2n) is 6.82. The lowest BCUT2D eigenvalue weighted by atomic mass is 10.1. The number of rotatable bonds is 9. The van der Waals surface area contributed by atoms with Crippen LogP contribution in [0.2, 0.25) is 0 Å². The van der Waals surface area contributed by atoms with Crippen molar-refractivity contribution < 1.29 is 18.7 Å². The summed E-state index contributed by atoms with van der Waals surface area (Å²) >= 11 is 0. The summed E-state index contributed by atoms with van der Waals surface area (Å²) in [6, 6.07) is 5.53. The average molecular weight is 400 g/mol. The van der Waals surface area contributed by atoms with Crippen LogP contribution in [0.1, 0.15) is 17.5 Å². The molecule has 7 nitrogen and oxygen atoms in total. The molecule has 29 heavy (non-hydrogen) atoms. The number of carbonyl (C=O) groups excluding carboxylic acids is 1. The molecule has 154 valence electrons. The first-order valence-corrected chi connectivity index (χ1v) is 9.40. The average Bonchev–Trinajstić information content (AvgIpc) is 3.09. The highest BCUT2D eigenvalue weighted by atomic mass is 19.1. The van der Waals surface area contributed by atoms with E-state index in [0.29, 0.717) is 36.5 Å². The number of aromatic nitrogens is 2. The third-order valence-electron chi connectivity index (χ3n) is 4.57. The number of ether oxygens (including phenoxy) is 2. The quantitative estimate of drug-likeness (QED) is 0.480. The minimum Gasteiger partial charge on any atom is -0.453 e. The SMILES string of the molecule is COCCCNC(=O)C(N)Cc1ccc(Oc2ccnc3[nH]cc(C)c23)c(F)c1. The van der Waals surface area contributed by atoms with Crippen molar-refractivity contribution in [3.8, 4) is 11.5 Å². The number of methoxy groups -OCH3 is 1. The molecule has 4 N–H and O–H groups in total. The number of amides is 1. The molecule has 0 saturated heterocycles. The van der Waals surface area contributed by atoms with E-state index in [0.717, 1.165) is 10.9 Å². The van der Waals surface area contributed by atoms with Crippen molar-refractivity contribution in [2.75, 3.05) is 20.3 Å². The lowest BCUT2D eigenvalue weighted by Crippen LogP contribution is -2.42. The fraction of sp³-hybridized carbons (Fsp3) is 0.333. The summed E-state index contributed by atoms with van der Waals surface area (Å²) in [5, 5.41) is 3.55. The topological polar surface area (TPSA) is 102 Å². The smallest absolute Gasteiger partial charge is 0.237 e. The molecule has 1 amide bonds. The number of nitrogens with zero attached hydrogens (tertiary/aromatic N) is 1. The van der Waals surface area contributed by atoms with Crippen molar-refractivity contribution in [3.63, 3.8) is 0 Å². The Bertz CT molecular complexity index is 989. The Morgan fingerprint density at radius 3 is 2.93 bits per heavy atom. The van der Waals surface area contributed by atoms with Gasteiger partial charge in [-0.2, -0.15) is 0 Å². The van der Waals surface area contributed by atoms with Gasteiger partial charge in [-0.15, -0.1) is 0 Å². The molecule has 3 rings (SSSR count). The number of hydrogen-bond acceptors (Lipinski definition) is 5. The highest BCUT2D eigenvalue weighted by Gasteiger charge is 2.16.